The Labute approximate surface area is 85.2 Å². The molecule has 0 bridgehead atoms. The molecular weight excluding hydrogens is 192 g/mol. The Morgan fingerprint density at radius 2 is 1.86 bits per heavy atom. The van der Waals surface area contributed by atoms with Crippen molar-refractivity contribution in [3.05, 3.63) is 41.8 Å². The summed E-state index contributed by atoms with van der Waals surface area (Å²) in [7, 11) is 0. The topological polar surface area (TPSA) is 20.2 Å². The van der Waals surface area contributed by atoms with Crippen molar-refractivity contribution >= 4 is 32.2 Å². The highest BCUT2D eigenvalue weighted by Gasteiger charge is 2.03. The van der Waals surface area contributed by atoms with Crippen LogP contribution in [0.15, 0.2) is 41.8 Å². The van der Waals surface area contributed by atoms with Crippen molar-refractivity contribution in [1.29, 1.82) is 0 Å². The molecule has 1 aromatic heterocycles. The molecular formula is C12H8OS. The van der Waals surface area contributed by atoms with Crippen molar-refractivity contribution in [2.45, 2.75) is 0 Å². The molecule has 0 aliphatic carbocycles. The number of rotatable bonds is 0. The lowest BCUT2D eigenvalue weighted by atomic mass is 10.1. The minimum Gasteiger partial charge on any atom is -0.507 e. The van der Waals surface area contributed by atoms with Crippen LogP contribution in [0.1, 0.15) is 0 Å². The molecule has 1 N–H and O–H groups in total. The van der Waals surface area contributed by atoms with Gasteiger partial charge in [-0.25, -0.2) is 0 Å². The summed E-state index contributed by atoms with van der Waals surface area (Å²) in [6.45, 7) is 0. The van der Waals surface area contributed by atoms with Gasteiger partial charge in [-0.3, -0.25) is 0 Å². The summed E-state index contributed by atoms with van der Waals surface area (Å²) in [6, 6.07) is 11.8. The standard InChI is InChI=1S/C12H8OS/c13-11-3-1-2-10-9(11)5-4-8-6-7-14-12(8)10/h1-7,13H. The fourth-order valence-corrected chi connectivity index (χ4v) is 2.70. The van der Waals surface area contributed by atoms with Crippen LogP contribution in [0.5, 0.6) is 5.75 Å². The van der Waals surface area contributed by atoms with Crippen LogP contribution in [0.3, 0.4) is 0 Å². The fraction of sp³-hybridized carbons (Fsp3) is 0. The number of thiophene rings is 1. The summed E-state index contributed by atoms with van der Waals surface area (Å²) < 4.78 is 1.25. The zero-order chi connectivity index (χ0) is 9.54. The van der Waals surface area contributed by atoms with Gasteiger partial charge in [0.05, 0.1) is 0 Å². The van der Waals surface area contributed by atoms with Crippen LogP contribution in [0.2, 0.25) is 0 Å². The third-order valence-corrected chi connectivity index (χ3v) is 3.42. The molecule has 1 heterocycles. The number of fused-ring (bicyclic) bond motifs is 3. The van der Waals surface area contributed by atoms with Gasteiger partial charge in [-0.15, -0.1) is 11.3 Å². The Balaban J connectivity index is 2.64. The van der Waals surface area contributed by atoms with E-state index in [-0.39, 0.29) is 0 Å². The monoisotopic (exact) mass is 200 g/mol. The minimum absolute atomic E-state index is 0.359. The molecule has 14 heavy (non-hydrogen) atoms. The molecule has 0 unspecified atom stereocenters. The van der Waals surface area contributed by atoms with Crippen LogP contribution in [0.25, 0.3) is 20.9 Å². The van der Waals surface area contributed by atoms with Crippen molar-refractivity contribution in [3.8, 4) is 5.75 Å². The Bertz CT molecular complexity index is 610. The molecule has 3 aromatic rings. The molecule has 2 heteroatoms. The van der Waals surface area contributed by atoms with Crippen LogP contribution in [0, 0.1) is 0 Å². The largest absolute Gasteiger partial charge is 0.507 e. The van der Waals surface area contributed by atoms with E-state index in [1.807, 2.05) is 24.3 Å². The molecule has 0 radical (unpaired) electrons. The van der Waals surface area contributed by atoms with Crippen LogP contribution in [0.4, 0.5) is 0 Å². The maximum atomic E-state index is 9.67. The van der Waals surface area contributed by atoms with Gasteiger partial charge in [-0.1, -0.05) is 18.2 Å². The van der Waals surface area contributed by atoms with Crippen molar-refractivity contribution < 1.29 is 5.11 Å². The molecule has 0 aliphatic heterocycles. The SMILES string of the molecule is Oc1cccc2c1ccc1ccsc12. The van der Waals surface area contributed by atoms with E-state index >= 15 is 0 Å². The molecule has 0 amide bonds. The summed E-state index contributed by atoms with van der Waals surface area (Å²) in [5.41, 5.74) is 0. The molecule has 0 fully saturated rings. The van der Waals surface area contributed by atoms with Crippen molar-refractivity contribution in [2.24, 2.45) is 0 Å². The first-order valence-electron chi connectivity index (χ1n) is 4.44. The van der Waals surface area contributed by atoms with E-state index in [2.05, 4.69) is 11.4 Å². The summed E-state index contributed by atoms with van der Waals surface area (Å²) >= 11 is 1.71. The zero-order valence-electron chi connectivity index (χ0n) is 7.40. The van der Waals surface area contributed by atoms with Crippen molar-refractivity contribution in [3.63, 3.8) is 0 Å². The molecule has 3 rings (SSSR count). The number of hydrogen-bond acceptors (Lipinski definition) is 2. The third-order valence-electron chi connectivity index (χ3n) is 2.45. The average molecular weight is 200 g/mol. The molecule has 0 aliphatic rings. The van der Waals surface area contributed by atoms with Gasteiger partial charge in [0, 0.05) is 15.5 Å². The third kappa shape index (κ3) is 0.946. The summed E-state index contributed by atoms with van der Waals surface area (Å²) in [5, 5.41) is 15.1. The molecule has 0 spiro atoms. The predicted octanol–water partition coefficient (Wildman–Crippen LogP) is 3.76. The number of hydrogen-bond donors (Lipinski definition) is 1. The van der Waals surface area contributed by atoms with Crippen LogP contribution >= 0.6 is 11.3 Å². The van der Waals surface area contributed by atoms with Gasteiger partial charge in [0.2, 0.25) is 0 Å². The van der Waals surface area contributed by atoms with E-state index in [9.17, 15) is 5.11 Å². The smallest absolute Gasteiger partial charge is 0.123 e. The van der Waals surface area contributed by atoms with Crippen LogP contribution in [-0.2, 0) is 0 Å². The lowest BCUT2D eigenvalue weighted by molar-refractivity contribution is 0.481. The summed E-state index contributed by atoms with van der Waals surface area (Å²) in [4.78, 5) is 0. The Morgan fingerprint density at radius 3 is 2.79 bits per heavy atom. The molecule has 1 nitrogen and oxygen atoms in total. The van der Waals surface area contributed by atoms with E-state index < -0.39 is 0 Å². The Morgan fingerprint density at radius 1 is 0.929 bits per heavy atom. The van der Waals surface area contributed by atoms with E-state index in [1.54, 1.807) is 17.4 Å². The van der Waals surface area contributed by atoms with Gasteiger partial charge >= 0.3 is 0 Å². The summed E-state index contributed by atoms with van der Waals surface area (Å²) in [6.07, 6.45) is 0. The number of aromatic hydroxyl groups is 1. The van der Waals surface area contributed by atoms with Gasteiger partial charge in [0.15, 0.2) is 0 Å². The lowest BCUT2D eigenvalue weighted by Gasteiger charge is -2.01. The highest BCUT2D eigenvalue weighted by molar-refractivity contribution is 7.18. The summed E-state index contributed by atoms with van der Waals surface area (Å²) in [5.74, 6) is 0.359. The van der Waals surface area contributed by atoms with E-state index in [1.165, 1.54) is 10.1 Å². The minimum atomic E-state index is 0.359. The van der Waals surface area contributed by atoms with Gasteiger partial charge < -0.3 is 5.11 Å². The highest BCUT2D eigenvalue weighted by Crippen LogP contribution is 2.33. The first kappa shape index (κ1) is 7.83. The van der Waals surface area contributed by atoms with Gasteiger partial charge in [-0.05, 0) is 29.0 Å². The highest BCUT2D eigenvalue weighted by atomic mass is 32.1. The second-order valence-electron chi connectivity index (χ2n) is 3.28. The quantitative estimate of drug-likeness (QED) is 0.585. The molecule has 0 atom stereocenters. The van der Waals surface area contributed by atoms with E-state index in [0.717, 1.165) is 10.8 Å². The van der Waals surface area contributed by atoms with Crippen LogP contribution in [-0.4, -0.2) is 5.11 Å². The second-order valence-corrected chi connectivity index (χ2v) is 4.19. The first-order valence-corrected chi connectivity index (χ1v) is 5.32. The lowest BCUT2D eigenvalue weighted by Crippen LogP contribution is -1.73. The second kappa shape index (κ2) is 2.72. The van der Waals surface area contributed by atoms with Crippen molar-refractivity contribution in [2.75, 3.05) is 0 Å². The molecule has 0 saturated carbocycles. The first-order chi connectivity index (χ1) is 6.86. The maximum absolute atomic E-state index is 9.67. The Hall–Kier alpha value is -1.54. The zero-order valence-corrected chi connectivity index (χ0v) is 8.21. The molecule has 0 saturated heterocycles. The molecule has 68 valence electrons. The van der Waals surface area contributed by atoms with Crippen LogP contribution < -0.4 is 0 Å². The van der Waals surface area contributed by atoms with Gasteiger partial charge in [0.1, 0.15) is 5.75 Å². The molecule has 2 aromatic carbocycles. The fourth-order valence-electron chi connectivity index (χ4n) is 1.77. The van der Waals surface area contributed by atoms with E-state index in [0.29, 0.717) is 5.75 Å². The van der Waals surface area contributed by atoms with Gasteiger partial charge in [-0.2, -0.15) is 0 Å². The maximum Gasteiger partial charge on any atom is 0.123 e. The predicted molar refractivity (Wildman–Crippen MR) is 61.0 cm³/mol. The normalized spacial score (nSPS) is 11.1. The number of phenolic OH excluding ortho intramolecular Hbond substituents is 1. The van der Waals surface area contributed by atoms with Crippen molar-refractivity contribution in [1.82, 2.24) is 0 Å². The Kier molecular flexibility index (Phi) is 1.52. The van der Waals surface area contributed by atoms with E-state index in [4.69, 9.17) is 0 Å². The average Bonchev–Trinajstić information content (AvgIpc) is 2.66. The number of benzene rings is 2. The van der Waals surface area contributed by atoms with Gasteiger partial charge in [0.25, 0.3) is 0 Å². The number of phenols is 1.